The molecule has 0 N–H and O–H groups in total. The molecule has 4 heterocycles. The number of nitrogens with zero attached hydrogens (tertiary/aromatic N) is 7. The number of hydrogen-bond donors (Lipinski definition) is 0. The number of alkyl halides is 3. The minimum atomic E-state index is -4.51. The van der Waals surface area contributed by atoms with Gasteiger partial charge in [-0.1, -0.05) is 0 Å². The van der Waals surface area contributed by atoms with Gasteiger partial charge in [-0.15, -0.1) is 0 Å². The normalized spacial score (nSPS) is 17.0. The summed E-state index contributed by atoms with van der Waals surface area (Å²) in [5, 5.41) is 9.63. The van der Waals surface area contributed by atoms with Gasteiger partial charge >= 0.3 is 6.18 Å². The number of anilines is 2. The molecule has 0 aromatic carbocycles. The number of fused-ring (bicyclic) bond motifs is 2. The maximum atomic E-state index is 13.1. The first-order valence-corrected chi connectivity index (χ1v) is 10.3. The standard InChI is InChI=1S/C21H20F3N7/c22-21(23,24)17-13-31-6-5-26-19(20(31)28-17)30-9-7-29(8-10-30)18-15(12-25)11-14-3-1-2-4-16(14)27-18/h5-6,11,13H,1-4,7-10H2. The largest absolute Gasteiger partial charge is 0.434 e. The molecule has 160 valence electrons. The van der Waals surface area contributed by atoms with Crippen LogP contribution in [0.4, 0.5) is 24.8 Å². The molecule has 0 saturated carbocycles. The average Bonchev–Trinajstić information content (AvgIpc) is 3.23. The molecule has 0 spiro atoms. The van der Waals surface area contributed by atoms with Crippen LogP contribution in [0.2, 0.25) is 0 Å². The zero-order chi connectivity index (χ0) is 21.6. The van der Waals surface area contributed by atoms with Crippen molar-refractivity contribution < 1.29 is 13.2 Å². The number of aryl methyl sites for hydroxylation is 2. The van der Waals surface area contributed by atoms with Crippen molar-refractivity contribution in [3.05, 3.63) is 47.2 Å². The molecule has 3 aromatic heterocycles. The van der Waals surface area contributed by atoms with Gasteiger partial charge in [0.05, 0.1) is 5.56 Å². The van der Waals surface area contributed by atoms with E-state index in [0.29, 0.717) is 43.4 Å². The van der Waals surface area contributed by atoms with Crippen LogP contribution in [0.15, 0.2) is 24.7 Å². The molecule has 0 unspecified atom stereocenters. The number of halogens is 3. The Morgan fingerprint density at radius 2 is 1.68 bits per heavy atom. The third-order valence-corrected chi connectivity index (χ3v) is 5.93. The van der Waals surface area contributed by atoms with E-state index in [9.17, 15) is 18.4 Å². The summed E-state index contributed by atoms with van der Waals surface area (Å²) in [6.45, 7) is 2.28. The van der Waals surface area contributed by atoms with E-state index < -0.39 is 11.9 Å². The molecule has 10 heteroatoms. The molecular formula is C21H20F3N7. The second kappa shape index (κ2) is 7.41. The Kier molecular flexibility index (Phi) is 4.68. The highest BCUT2D eigenvalue weighted by Crippen LogP contribution is 2.31. The summed E-state index contributed by atoms with van der Waals surface area (Å²) in [6.07, 6.45) is 3.55. The number of pyridine rings is 1. The highest BCUT2D eigenvalue weighted by atomic mass is 19.4. The third kappa shape index (κ3) is 3.54. The molecule has 0 amide bonds. The lowest BCUT2D eigenvalue weighted by Gasteiger charge is -2.36. The van der Waals surface area contributed by atoms with Crippen LogP contribution in [0.3, 0.4) is 0 Å². The van der Waals surface area contributed by atoms with Crippen molar-refractivity contribution in [3.63, 3.8) is 0 Å². The van der Waals surface area contributed by atoms with Crippen LogP contribution < -0.4 is 9.80 Å². The van der Waals surface area contributed by atoms with E-state index in [1.807, 2.05) is 11.0 Å². The first-order chi connectivity index (χ1) is 14.9. The summed E-state index contributed by atoms with van der Waals surface area (Å²) in [7, 11) is 0. The van der Waals surface area contributed by atoms with Gasteiger partial charge in [0.25, 0.3) is 0 Å². The van der Waals surface area contributed by atoms with Gasteiger partial charge in [0, 0.05) is 50.5 Å². The van der Waals surface area contributed by atoms with Crippen molar-refractivity contribution in [1.82, 2.24) is 19.4 Å². The second-order valence-electron chi connectivity index (χ2n) is 7.86. The lowest BCUT2D eigenvalue weighted by atomic mass is 9.95. The topological polar surface area (TPSA) is 73.4 Å². The lowest BCUT2D eigenvalue weighted by Crippen LogP contribution is -2.47. The van der Waals surface area contributed by atoms with E-state index in [-0.39, 0.29) is 5.65 Å². The van der Waals surface area contributed by atoms with Crippen molar-refractivity contribution in [2.45, 2.75) is 31.9 Å². The zero-order valence-corrected chi connectivity index (χ0v) is 16.7. The fourth-order valence-electron chi connectivity index (χ4n) is 4.34. The molecule has 1 aliphatic carbocycles. The summed E-state index contributed by atoms with van der Waals surface area (Å²) in [6, 6.07) is 4.24. The van der Waals surface area contributed by atoms with E-state index >= 15 is 0 Å². The second-order valence-corrected chi connectivity index (χ2v) is 7.86. The number of nitriles is 1. The molecule has 0 atom stereocenters. The Hall–Kier alpha value is -3.35. The van der Waals surface area contributed by atoms with Crippen LogP contribution in [0.25, 0.3) is 5.65 Å². The van der Waals surface area contributed by atoms with Crippen molar-refractivity contribution >= 4 is 17.3 Å². The van der Waals surface area contributed by atoms with Crippen LogP contribution in [-0.4, -0.2) is 45.5 Å². The summed E-state index contributed by atoms with van der Waals surface area (Å²) >= 11 is 0. The van der Waals surface area contributed by atoms with E-state index in [2.05, 4.69) is 20.9 Å². The molecule has 1 fully saturated rings. The summed E-state index contributed by atoms with van der Waals surface area (Å²) in [4.78, 5) is 16.9. The van der Waals surface area contributed by atoms with Gasteiger partial charge in [-0.3, -0.25) is 0 Å². The fourth-order valence-corrected chi connectivity index (χ4v) is 4.34. The molecule has 3 aromatic rings. The molecule has 1 aliphatic heterocycles. The number of aromatic nitrogens is 4. The molecule has 2 aliphatic rings. The number of piperazine rings is 1. The van der Waals surface area contributed by atoms with Crippen LogP contribution in [0.1, 0.15) is 35.4 Å². The zero-order valence-electron chi connectivity index (χ0n) is 16.7. The highest BCUT2D eigenvalue weighted by Gasteiger charge is 2.35. The Labute approximate surface area is 176 Å². The maximum absolute atomic E-state index is 13.1. The van der Waals surface area contributed by atoms with Crippen molar-refractivity contribution in [3.8, 4) is 6.07 Å². The Morgan fingerprint density at radius 1 is 0.968 bits per heavy atom. The predicted octanol–water partition coefficient (Wildman–Crippen LogP) is 3.22. The fraction of sp³-hybridized carbons (Fsp3) is 0.429. The molecule has 0 radical (unpaired) electrons. The molecule has 0 bridgehead atoms. The van der Waals surface area contributed by atoms with Crippen molar-refractivity contribution in [2.24, 2.45) is 0 Å². The SMILES string of the molecule is N#Cc1cc2c(nc1N1CCN(c3nccn4cc(C(F)(F)F)nc34)CC1)CCCC2. The smallest absolute Gasteiger partial charge is 0.352 e. The average molecular weight is 427 g/mol. The van der Waals surface area contributed by atoms with Crippen molar-refractivity contribution in [2.75, 3.05) is 36.0 Å². The summed E-state index contributed by atoms with van der Waals surface area (Å²) in [5.41, 5.74) is 2.08. The summed E-state index contributed by atoms with van der Waals surface area (Å²) < 4.78 is 40.6. The van der Waals surface area contributed by atoms with Gasteiger partial charge in [0.15, 0.2) is 17.2 Å². The number of imidazole rings is 1. The monoisotopic (exact) mass is 427 g/mol. The van der Waals surface area contributed by atoms with E-state index in [1.54, 1.807) is 0 Å². The van der Waals surface area contributed by atoms with Crippen LogP contribution in [0.5, 0.6) is 0 Å². The van der Waals surface area contributed by atoms with E-state index in [0.717, 1.165) is 37.6 Å². The predicted molar refractivity (Wildman–Crippen MR) is 108 cm³/mol. The van der Waals surface area contributed by atoms with Gasteiger partial charge in [0.1, 0.15) is 11.9 Å². The Morgan fingerprint density at radius 3 is 2.39 bits per heavy atom. The van der Waals surface area contributed by atoms with Gasteiger partial charge in [-0.2, -0.15) is 18.4 Å². The van der Waals surface area contributed by atoms with Crippen molar-refractivity contribution in [1.29, 1.82) is 5.26 Å². The Bertz CT molecular complexity index is 1170. The minimum absolute atomic E-state index is 0.188. The lowest BCUT2D eigenvalue weighted by molar-refractivity contribution is -0.140. The number of rotatable bonds is 2. The number of hydrogen-bond acceptors (Lipinski definition) is 6. The van der Waals surface area contributed by atoms with Crippen LogP contribution in [0, 0.1) is 11.3 Å². The minimum Gasteiger partial charge on any atom is -0.352 e. The van der Waals surface area contributed by atoms with Gasteiger partial charge < -0.3 is 14.2 Å². The van der Waals surface area contributed by atoms with Crippen LogP contribution >= 0.6 is 0 Å². The molecule has 5 rings (SSSR count). The Balaban J connectivity index is 1.39. The first-order valence-electron chi connectivity index (χ1n) is 10.3. The molecule has 1 saturated heterocycles. The van der Waals surface area contributed by atoms with E-state index in [1.165, 1.54) is 22.4 Å². The van der Waals surface area contributed by atoms with Gasteiger partial charge in [-0.05, 0) is 37.3 Å². The highest BCUT2D eigenvalue weighted by molar-refractivity contribution is 5.66. The first kappa shape index (κ1) is 19.6. The molecule has 31 heavy (non-hydrogen) atoms. The molecular weight excluding hydrogens is 407 g/mol. The van der Waals surface area contributed by atoms with E-state index in [4.69, 9.17) is 4.98 Å². The van der Waals surface area contributed by atoms with Crippen LogP contribution in [-0.2, 0) is 19.0 Å². The molecule has 7 nitrogen and oxygen atoms in total. The maximum Gasteiger partial charge on any atom is 0.434 e. The van der Waals surface area contributed by atoms with Gasteiger partial charge in [-0.25, -0.2) is 15.0 Å². The third-order valence-electron chi connectivity index (χ3n) is 5.93. The van der Waals surface area contributed by atoms with Gasteiger partial charge in [0.2, 0.25) is 0 Å². The summed E-state index contributed by atoms with van der Waals surface area (Å²) in [5.74, 6) is 1.13. The quantitative estimate of drug-likeness (QED) is 0.625.